The van der Waals surface area contributed by atoms with Gasteiger partial charge >= 0.3 is 5.97 Å². The monoisotopic (exact) mass is 544 g/mol. The molecule has 218 valence electrons. The Balaban J connectivity index is 1.39. The first kappa shape index (κ1) is 31.9. The summed E-state index contributed by atoms with van der Waals surface area (Å²) in [6.45, 7) is 4.50. The molecule has 0 bridgehead atoms. The van der Waals surface area contributed by atoms with E-state index in [1.54, 1.807) is 0 Å². The van der Waals surface area contributed by atoms with Gasteiger partial charge in [0.15, 0.2) is 0 Å². The summed E-state index contributed by atoms with van der Waals surface area (Å²) < 4.78 is 5.75. The predicted octanol–water partition coefficient (Wildman–Crippen LogP) is 10.4. The molecule has 0 radical (unpaired) electrons. The van der Waals surface area contributed by atoms with E-state index >= 15 is 0 Å². The topological polar surface area (TPSA) is 63.0 Å². The maximum Gasteiger partial charge on any atom is 0.314 e. The summed E-state index contributed by atoms with van der Waals surface area (Å²) in [7, 11) is 0. The van der Waals surface area contributed by atoms with Crippen molar-refractivity contribution in [1.29, 1.82) is 5.26 Å². The molecule has 1 saturated carbocycles. The summed E-state index contributed by atoms with van der Waals surface area (Å²) in [6, 6.07) is 14.6. The number of nitrogens with zero attached hydrogens (tertiary/aromatic N) is 2. The molecule has 0 spiro atoms. The number of rotatable bonds is 18. The van der Waals surface area contributed by atoms with E-state index in [0.717, 1.165) is 56.2 Å². The molecule has 1 aromatic carbocycles. The zero-order valence-electron chi connectivity index (χ0n) is 25.3. The number of carbonyl (C=O) groups excluding carboxylic acids is 1. The Kier molecular flexibility index (Phi) is 14.3. The first-order valence-electron chi connectivity index (χ1n) is 16.3. The van der Waals surface area contributed by atoms with Crippen LogP contribution in [0.15, 0.2) is 42.6 Å². The van der Waals surface area contributed by atoms with Gasteiger partial charge in [0.25, 0.3) is 0 Å². The minimum absolute atomic E-state index is 0.115. The smallest absolute Gasteiger partial charge is 0.314 e. The summed E-state index contributed by atoms with van der Waals surface area (Å²) in [4.78, 5) is 17.6. The predicted molar refractivity (Wildman–Crippen MR) is 165 cm³/mol. The van der Waals surface area contributed by atoms with Crippen LogP contribution in [0, 0.1) is 22.7 Å². The Hall–Kier alpha value is -2.67. The number of aryl methyl sites for hydroxylation is 1. The van der Waals surface area contributed by atoms with Crippen molar-refractivity contribution in [3.05, 3.63) is 48.2 Å². The maximum atomic E-state index is 12.9. The first-order valence-corrected chi connectivity index (χ1v) is 16.3. The summed E-state index contributed by atoms with van der Waals surface area (Å²) in [5, 5.41) is 9.91. The van der Waals surface area contributed by atoms with Crippen LogP contribution in [0.3, 0.4) is 0 Å². The molecule has 1 aromatic heterocycles. The van der Waals surface area contributed by atoms with Crippen LogP contribution in [-0.4, -0.2) is 11.0 Å². The molecule has 0 amide bonds. The van der Waals surface area contributed by atoms with Crippen LogP contribution in [0.25, 0.3) is 11.3 Å². The first-order chi connectivity index (χ1) is 19.6. The van der Waals surface area contributed by atoms with Gasteiger partial charge in [0.2, 0.25) is 0 Å². The van der Waals surface area contributed by atoms with Crippen LogP contribution >= 0.6 is 0 Å². The number of aromatic nitrogens is 1. The number of esters is 1. The van der Waals surface area contributed by atoms with Gasteiger partial charge in [-0.2, -0.15) is 5.26 Å². The van der Waals surface area contributed by atoms with Crippen molar-refractivity contribution in [2.75, 3.05) is 0 Å². The fraction of sp³-hybridized carbons (Fsp3) is 0.639. The number of hydrogen-bond donors (Lipinski definition) is 0. The molecule has 4 heteroatoms. The van der Waals surface area contributed by atoms with Gasteiger partial charge in [0.1, 0.15) is 5.75 Å². The molecular formula is C36H52N2O2. The van der Waals surface area contributed by atoms with Crippen molar-refractivity contribution in [2.45, 2.75) is 136 Å². The van der Waals surface area contributed by atoms with Gasteiger partial charge in [-0.15, -0.1) is 0 Å². The highest BCUT2D eigenvalue weighted by Crippen LogP contribution is 2.43. The van der Waals surface area contributed by atoms with Gasteiger partial charge in [-0.25, -0.2) is 0 Å². The Morgan fingerprint density at radius 1 is 0.850 bits per heavy atom. The second-order valence-electron chi connectivity index (χ2n) is 12.1. The van der Waals surface area contributed by atoms with E-state index in [-0.39, 0.29) is 17.3 Å². The van der Waals surface area contributed by atoms with Gasteiger partial charge in [0, 0.05) is 11.8 Å². The molecule has 0 unspecified atom stereocenters. The minimum atomic E-state index is -0.251. The SMILES string of the molecule is CCCCCCCCC[C@]1(C#N)CC[C@H](C(=O)Oc2ccc(-c3ccc(CCCCCCCC)cn3)cc2)CC1. The summed E-state index contributed by atoms with van der Waals surface area (Å²) >= 11 is 0. The Morgan fingerprint density at radius 3 is 2.02 bits per heavy atom. The van der Waals surface area contributed by atoms with E-state index in [4.69, 9.17) is 4.74 Å². The van der Waals surface area contributed by atoms with Crippen molar-refractivity contribution in [1.82, 2.24) is 4.98 Å². The standard InChI is InChI=1S/C36H52N2O2/c1-3-5-7-9-11-13-15-25-36(29-37)26-23-32(24-27-36)35(39)40-33-20-18-31(19-21-33)34-22-17-30(28-38-34)16-14-12-10-8-6-4-2/h17-22,28,32H,3-16,23-27H2,1-2H3/t32-,36-. The fourth-order valence-electron chi connectivity index (χ4n) is 5.99. The number of carbonyl (C=O) groups is 1. The van der Waals surface area contributed by atoms with E-state index in [2.05, 4.69) is 37.0 Å². The average Bonchev–Trinajstić information content (AvgIpc) is 2.99. The Morgan fingerprint density at radius 2 is 1.45 bits per heavy atom. The average molecular weight is 545 g/mol. The van der Waals surface area contributed by atoms with Gasteiger partial charge in [-0.3, -0.25) is 9.78 Å². The van der Waals surface area contributed by atoms with Crippen LogP contribution in [0.4, 0.5) is 0 Å². The van der Waals surface area contributed by atoms with Crippen molar-refractivity contribution >= 4 is 5.97 Å². The zero-order valence-corrected chi connectivity index (χ0v) is 25.3. The maximum absolute atomic E-state index is 12.9. The lowest BCUT2D eigenvalue weighted by molar-refractivity contribution is -0.140. The molecule has 0 N–H and O–H groups in total. The van der Waals surface area contributed by atoms with Crippen LogP contribution in [0.5, 0.6) is 5.75 Å². The molecule has 2 aromatic rings. The molecular weight excluding hydrogens is 492 g/mol. The van der Waals surface area contributed by atoms with Gasteiger partial charge < -0.3 is 4.74 Å². The molecule has 4 nitrogen and oxygen atoms in total. The summed E-state index contributed by atoms with van der Waals surface area (Å²) in [5.74, 6) is 0.303. The third kappa shape index (κ3) is 10.7. The molecule has 0 aliphatic heterocycles. The highest BCUT2D eigenvalue weighted by atomic mass is 16.5. The third-order valence-corrected chi connectivity index (χ3v) is 8.78. The van der Waals surface area contributed by atoms with Gasteiger partial charge in [-0.05, 0) is 80.8 Å². The second kappa shape index (κ2) is 17.9. The number of benzene rings is 1. The van der Waals surface area contributed by atoms with Crippen molar-refractivity contribution in [2.24, 2.45) is 11.3 Å². The van der Waals surface area contributed by atoms with Crippen molar-refractivity contribution in [3.63, 3.8) is 0 Å². The number of ether oxygens (including phenoxy) is 1. The molecule has 0 atom stereocenters. The van der Waals surface area contributed by atoms with E-state index in [1.165, 1.54) is 82.6 Å². The summed E-state index contributed by atoms with van der Waals surface area (Å²) in [5.41, 5.74) is 3.00. The highest BCUT2D eigenvalue weighted by Gasteiger charge is 2.38. The van der Waals surface area contributed by atoms with E-state index < -0.39 is 0 Å². The van der Waals surface area contributed by atoms with E-state index in [1.807, 2.05) is 30.5 Å². The quantitative estimate of drug-likeness (QED) is 0.106. The largest absolute Gasteiger partial charge is 0.426 e. The van der Waals surface area contributed by atoms with Gasteiger partial charge in [-0.1, -0.05) is 97.0 Å². The van der Waals surface area contributed by atoms with Crippen molar-refractivity contribution < 1.29 is 9.53 Å². The number of hydrogen-bond acceptors (Lipinski definition) is 4. The molecule has 1 fully saturated rings. The lowest BCUT2D eigenvalue weighted by Crippen LogP contribution is -2.31. The number of unbranched alkanes of at least 4 members (excludes halogenated alkanes) is 11. The lowest BCUT2D eigenvalue weighted by atomic mass is 9.69. The lowest BCUT2D eigenvalue weighted by Gasteiger charge is -2.34. The zero-order chi connectivity index (χ0) is 28.5. The highest BCUT2D eigenvalue weighted by molar-refractivity contribution is 5.75. The Bertz CT molecular complexity index is 1010. The van der Waals surface area contributed by atoms with Crippen LogP contribution in [0.2, 0.25) is 0 Å². The molecule has 0 saturated heterocycles. The number of pyridine rings is 1. The van der Waals surface area contributed by atoms with Crippen LogP contribution in [0.1, 0.15) is 135 Å². The van der Waals surface area contributed by atoms with Crippen molar-refractivity contribution in [3.8, 4) is 23.1 Å². The fourth-order valence-corrected chi connectivity index (χ4v) is 5.99. The molecule has 40 heavy (non-hydrogen) atoms. The van der Waals surface area contributed by atoms with E-state index in [0.29, 0.717) is 5.75 Å². The van der Waals surface area contributed by atoms with Crippen LogP contribution in [-0.2, 0) is 11.2 Å². The van der Waals surface area contributed by atoms with Gasteiger partial charge in [0.05, 0.1) is 23.1 Å². The molecule has 3 rings (SSSR count). The second-order valence-corrected chi connectivity index (χ2v) is 12.1. The molecule has 1 aliphatic carbocycles. The summed E-state index contributed by atoms with van der Waals surface area (Å²) in [6.07, 6.45) is 23.8. The van der Waals surface area contributed by atoms with E-state index in [9.17, 15) is 10.1 Å². The van der Waals surface area contributed by atoms with Crippen LogP contribution < -0.4 is 4.74 Å². The minimum Gasteiger partial charge on any atom is -0.426 e. The Labute approximate surface area is 243 Å². The number of nitriles is 1. The normalized spacial score (nSPS) is 18.8. The molecule has 1 heterocycles. The third-order valence-electron chi connectivity index (χ3n) is 8.78. The molecule has 1 aliphatic rings.